The van der Waals surface area contributed by atoms with Gasteiger partial charge in [-0.25, -0.2) is 0 Å². The van der Waals surface area contributed by atoms with Crippen molar-refractivity contribution in [3.63, 3.8) is 0 Å². The maximum absolute atomic E-state index is 13.2. The van der Waals surface area contributed by atoms with Crippen molar-refractivity contribution in [2.75, 3.05) is 28.4 Å². The molecule has 6 heteroatoms. The molecule has 0 N–H and O–H groups in total. The molecular weight excluding hydrogens is 384 g/mol. The van der Waals surface area contributed by atoms with Gasteiger partial charge < -0.3 is 18.9 Å². The van der Waals surface area contributed by atoms with Gasteiger partial charge in [-0.1, -0.05) is 18.2 Å². The van der Waals surface area contributed by atoms with Crippen LogP contribution in [0.15, 0.2) is 42.5 Å². The van der Waals surface area contributed by atoms with Gasteiger partial charge in [0.15, 0.2) is 34.6 Å². The van der Waals surface area contributed by atoms with E-state index in [2.05, 4.69) is 0 Å². The van der Waals surface area contributed by atoms with Crippen LogP contribution in [-0.4, -0.2) is 40.0 Å². The fourth-order valence-electron chi connectivity index (χ4n) is 3.48. The van der Waals surface area contributed by atoms with Gasteiger partial charge in [0.2, 0.25) is 0 Å². The molecule has 1 atom stereocenters. The molecule has 0 saturated carbocycles. The smallest absolute Gasteiger partial charge is 0.173 e. The van der Waals surface area contributed by atoms with Crippen LogP contribution in [-0.2, 0) is 15.0 Å². The number of ketones is 2. The first-order chi connectivity index (χ1) is 14.4. The second kappa shape index (κ2) is 8.45. The van der Waals surface area contributed by atoms with Crippen LogP contribution in [0.4, 0.5) is 0 Å². The lowest BCUT2D eigenvalue weighted by Crippen LogP contribution is -2.41. The molecule has 0 radical (unpaired) electrons. The Morgan fingerprint density at radius 1 is 0.833 bits per heavy atom. The average Bonchev–Trinajstić information content (AvgIpc) is 2.78. The van der Waals surface area contributed by atoms with Crippen LogP contribution in [0, 0.1) is 0 Å². The second-order valence-corrected chi connectivity index (χ2v) is 6.93. The quantitative estimate of drug-likeness (QED) is 0.512. The first-order valence-corrected chi connectivity index (χ1v) is 9.32. The van der Waals surface area contributed by atoms with E-state index in [0.717, 1.165) is 11.1 Å². The molecule has 1 unspecified atom stereocenters. The van der Waals surface area contributed by atoms with Crippen molar-refractivity contribution in [2.24, 2.45) is 0 Å². The van der Waals surface area contributed by atoms with E-state index in [1.807, 2.05) is 0 Å². The summed E-state index contributed by atoms with van der Waals surface area (Å²) in [6.07, 6.45) is 6.18. The number of fused-ring (bicyclic) bond motifs is 1. The van der Waals surface area contributed by atoms with E-state index in [4.69, 9.17) is 18.9 Å². The number of allylic oxidation sites excluding steroid dienone is 2. The molecule has 1 aliphatic carbocycles. The molecule has 0 heterocycles. The number of hydrogen-bond donors (Lipinski definition) is 0. The minimum Gasteiger partial charge on any atom is -0.493 e. The van der Waals surface area contributed by atoms with Crippen LogP contribution in [0.2, 0.25) is 0 Å². The topological polar surface area (TPSA) is 71.1 Å². The van der Waals surface area contributed by atoms with Crippen LogP contribution in [0.1, 0.15) is 23.6 Å². The molecule has 3 rings (SSSR count). The summed E-state index contributed by atoms with van der Waals surface area (Å²) in [6.45, 7) is 1.63. The summed E-state index contributed by atoms with van der Waals surface area (Å²) in [5.41, 5.74) is 0.699. The molecule has 2 aromatic rings. The first-order valence-electron chi connectivity index (χ1n) is 9.32. The highest BCUT2D eigenvalue weighted by Gasteiger charge is 2.43. The van der Waals surface area contributed by atoms with E-state index in [1.165, 1.54) is 26.4 Å². The summed E-state index contributed by atoms with van der Waals surface area (Å²) in [4.78, 5) is 26.0. The summed E-state index contributed by atoms with van der Waals surface area (Å²) in [6, 6.07) is 8.78. The summed E-state index contributed by atoms with van der Waals surface area (Å²) in [7, 11) is 6.16. The molecule has 0 aromatic heterocycles. The number of benzene rings is 2. The van der Waals surface area contributed by atoms with E-state index in [9.17, 15) is 9.59 Å². The number of ether oxygens (including phenoxy) is 4. The number of methoxy groups -OCH3 is 4. The van der Waals surface area contributed by atoms with Crippen molar-refractivity contribution >= 4 is 23.7 Å². The number of hydrogen-bond acceptors (Lipinski definition) is 6. The van der Waals surface area contributed by atoms with Gasteiger partial charge in [-0.2, -0.15) is 0 Å². The zero-order valence-corrected chi connectivity index (χ0v) is 17.6. The van der Waals surface area contributed by atoms with Crippen LogP contribution in [0.5, 0.6) is 23.0 Å². The Labute approximate surface area is 175 Å². The van der Waals surface area contributed by atoms with Gasteiger partial charge in [0.1, 0.15) is 5.41 Å². The molecule has 30 heavy (non-hydrogen) atoms. The summed E-state index contributed by atoms with van der Waals surface area (Å²) >= 11 is 0. The number of carbonyl (C=O) groups excluding carboxylic acids is 2. The molecule has 0 amide bonds. The predicted octanol–water partition coefficient (Wildman–Crippen LogP) is 3.86. The fraction of sp³-hybridized carbons (Fsp3) is 0.250. The Bertz CT molecular complexity index is 1050. The van der Waals surface area contributed by atoms with Gasteiger partial charge in [0.25, 0.3) is 0 Å². The van der Waals surface area contributed by atoms with Crippen LogP contribution >= 0.6 is 0 Å². The minimum absolute atomic E-state index is 0.288. The summed E-state index contributed by atoms with van der Waals surface area (Å²) in [5, 5.41) is 0. The minimum atomic E-state index is -1.36. The Morgan fingerprint density at radius 3 is 2.07 bits per heavy atom. The van der Waals surface area contributed by atoms with Crippen molar-refractivity contribution in [2.45, 2.75) is 12.3 Å². The molecule has 0 bridgehead atoms. The molecule has 0 aliphatic heterocycles. The lowest BCUT2D eigenvalue weighted by Gasteiger charge is -2.30. The van der Waals surface area contributed by atoms with E-state index in [0.29, 0.717) is 28.6 Å². The Morgan fingerprint density at radius 2 is 1.43 bits per heavy atom. The monoisotopic (exact) mass is 408 g/mol. The van der Waals surface area contributed by atoms with E-state index < -0.39 is 5.41 Å². The molecule has 0 spiro atoms. The first kappa shape index (κ1) is 21.2. The van der Waals surface area contributed by atoms with Crippen LogP contribution < -0.4 is 18.9 Å². The third-order valence-corrected chi connectivity index (χ3v) is 5.33. The Balaban J connectivity index is 2.00. The Kier molecular flexibility index (Phi) is 5.96. The molecule has 156 valence electrons. The van der Waals surface area contributed by atoms with Gasteiger partial charge in [-0.3, -0.25) is 9.59 Å². The molecule has 2 aromatic carbocycles. The zero-order chi connectivity index (χ0) is 21.9. The second-order valence-electron chi connectivity index (χ2n) is 6.93. The van der Waals surface area contributed by atoms with Crippen molar-refractivity contribution in [3.05, 3.63) is 59.2 Å². The highest BCUT2D eigenvalue weighted by Crippen LogP contribution is 2.41. The molecule has 0 fully saturated rings. The van der Waals surface area contributed by atoms with E-state index in [1.54, 1.807) is 63.6 Å². The summed E-state index contributed by atoms with van der Waals surface area (Å²) < 4.78 is 21.2. The largest absolute Gasteiger partial charge is 0.493 e. The highest BCUT2D eigenvalue weighted by atomic mass is 16.5. The van der Waals surface area contributed by atoms with E-state index in [-0.39, 0.29) is 11.6 Å². The fourth-order valence-corrected chi connectivity index (χ4v) is 3.48. The molecule has 0 saturated heterocycles. The predicted molar refractivity (Wildman–Crippen MR) is 115 cm³/mol. The van der Waals surface area contributed by atoms with Crippen LogP contribution in [0.25, 0.3) is 12.2 Å². The maximum Gasteiger partial charge on any atom is 0.173 e. The third kappa shape index (κ3) is 3.56. The van der Waals surface area contributed by atoms with Crippen molar-refractivity contribution in [1.82, 2.24) is 0 Å². The van der Waals surface area contributed by atoms with Crippen LogP contribution in [0.3, 0.4) is 0 Å². The van der Waals surface area contributed by atoms with Gasteiger partial charge in [-0.05, 0) is 60.0 Å². The zero-order valence-electron chi connectivity index (χ0n) is 17.6. The van der Waals surface area contributed by atoms with Gasteiger partial charge in [0, 0.05) is 0 Å². The van der Waals surface area contributed by atoms with Gasteiger partial charge in [-0.15, -0.1) is 0 Å². The normalized spacial score (nSPS) is 17.6. The lowest BCUT2D eigenvalue weighted by molar-refractivity contribution is -0.129. The van der Waals surface area contributed by atoms with Gasteiger partial charge >= 0.3 is 0 Å². The number of carbonyl (C=O) groups is 2. The van der Waals surface area contributed by atoms with Crippen molar-refractivity contribution in [1.29, 1.82) is 0 Å². The third-order valence-electron chi connectivity index (χ3n) is 5.33. The van der Waals surface area contributed by atoms with Crippen molar-refractivity contribution in [3.8, 4) is 23.0 Å². The highest BCUT2D eigenvalue weighted by molar-refractivity contribution is 6.23. The van der Waals surface area contributed by atoms with Gasteiger partial charge in [0.05, 0.1) is 28.4 Å². The average molecular weight is 408 g/mol. The maximum atomic E-state index is 13.2. The van der Waals surface area contributed by atoms with E-state index >= 15 is 0 Å². The SMILES string of the molecule is COc1ccc(/C=C\C(=O)C2(C)C(=O)C=Cc3cc(OC)c(OC)cc32)cc1OC. The standard InChI is InChI=1S/C24H24O6/c1-24(22(25)10-7-15-6-9-18(27-2)19(12-15)28-3)17-14-21(30-5)20(29-4)13-16(17)8-11-23(24)26/h6-14H,1-5H3/b10-7-. The van der Waals surface area contributed by atoms with Crippen molar-refractivity contribution < 1.29 is 28.5 Å². The molecular formula is C24H24O6. The molecule has 1 aliphatic rings. The summed E-state index contributed by atoms with van der Waals surface area (Å²) in [5.74, 6) is 1.52. The number of rotatable bonds is 7. The molecule has 6 nitrogen and oxygen atoms in total. The lowest BCUT2D eigenvalue weighted by atomic mass is 9.70. The Hall–Kier alpha value is -3.54.